The Labute approximate surface area is 60.6 Å². The van der Waals surface area contributed by atoms with Crippen LogP contribution in [0.15, 0.2) is 0 Å². The summed E-state index contributed by atoms with van der Waals surface area (Å²) in [6.07, 6.45) is 0.850. The van der Waals surface area contributed by atoms with Crippen LogP contribution in [0.25, 0.3) is 0 Å². The van der Waals surface area contributed by atoms with Crippen LogP contribution in [0, 0.1) is 0 Å². The number of hydrogen-bond donors (Lipinski definition) is 1. The molecule has 3 heteroatoms. The molecule has 0 aliphatic rings. The van der Waals surface area contributed by atoms with Crippen molar-refractivity contribution in [2.45, 2.75) is 13.3 Å². The average molecular weight is 145 g/mol. The van der Waals surface area contributed by atoms with Gasteiger partial charge in [0.15, 0.2) is 0 Å². The van der Waals surface area contributed by atoms with Gasteiger partial charge in [-0.1, -0.05) is 12.2 Å². The first-order valence-corrected chi connectivity index (χ1v) is 3.38. The van der Waals surface area contributed by atoms with Crippen LogP contribution in [0.5, 0.6) is 0 Å². The fraction of sp³-hybridized carbons (Fsp3) is 0.667. The molecule has 0 aromatic heterocycles. The Morgan fingerprint density at radius 3 is 2.89 bits per heavy atom. The van der Waals surface area contributed by atoms with Gasteiger partial charge in [0.2, 0.25) is 0 Å². The van der Waals surface area contributed by atoms with Gasteiger partial charge in [-0.05, 0) is 25.3 Å². The van der Waals surface area contributed by atoms with Gasteiger partial charge in [0, 0.05) is 0 Å². The van der Waals surface area contributed by atoms with E-state index in [1.807, 2.05) is 0 Å². The number of ketones is 1. The number of nitrogens with one attached hydrogen (secondary N) is 1. The van der Waals surface area contributed by atoms with Crippen LogP contribution >= 0.6 is 12.2 Å². The SMILES string of the molecule is CC(=O)CNCCC=S. The van der Waals surface area contributed by atoms with Crippen molar-refractivity contribution in [2.75, 3.05) is 13.1 Å². The second kappa shape index (κ2) is 5.85. The number of thiocarbonyl (C=S) groups is 1. The van der Waals surface area contributed by atoms with Crippen molar-refractivity contribution in [3.63, 3.8) is 0 Å². The fourth-order valence-electron chi connectivity index (χ4n) is 0.425. The van der Waals surface area contributed by atoms with Crippen LogP contribution in [0.2, 0.25) is 0 Å². The van der Waals surface area contributed by atoms with Crippen LogP contribution in [0.1, 0.15) is 13.3 Å². The second-order valence-electron chi connectivity index (χ2n) is 1.83. The summed E-state index contributed by atoms with van der Waals surface area (Å²) in [5.74, 6) is 0.166. The van der Waals surface area contributed by atoms with Gasteiger partial charge in [-0.15, -0.1) is 0 Å². The lowest BCUT2D eigenvalue weighted by Gasteiger charge is -1.95. The molecule has 0 aliphatic heterocycles. The predicted molar refractivity (Wildman–Crippen MR) is 41.8 cm³/mol. The van der Waals surface area contributed by atoms with Crippen molar-refractivity contribution in [3.8, 4) is 0 Å². The summed E-state index contributed by atoms with van der Waals surface area (Å²) in [6, 6.07) is 0. The Hall–Kier alpha value is -0.280. The molecule has 0 aliphatic carbocycles. The number of carbonyl (C=O) groups is 1. The molecular formula is C6H11NOS. The molecule has 0 saturated heterocycles. The third-order valence-electron chi connectivity index (χ3n) is 0.813. The highest BCUT2D eigenvalue weighted by atomic mass is 32.1. The molecule has 0 fully saturated rings. The van der Waals surface area contributed by atoms with Gasteiger partial charge in [-0.3, -0.25) is 4.79 Å². The maximum absolute atomic E-state index is 10.3. The van der Waals surface area contributed by atoms with Gasteiger partial charge in [0.1, 0.15) is 5.78 Å². The molecule has 0 heterocycles. The van der Waals surface area contributed by atoms with Gasteiger partial charge in [0.05, 0.1) is 6.54 Å². The Morgan fingerprint density at radius 1 is 1.78 bits per heavy atom. The summed E-state index contributed by atoms with van der Waals surface area (Å²) in [4.78, 5) is 10.3. The van der Waals surface area contributed by atoms with Crippen molar-refractivity contribution in [1.29, 1.82) is 0 Å². The zero-order valence-electron chi connectivity index (χ0n) is 5.52. The van der Waals surface area contributed by atoms with E-state index < -0.39 is 0 Å². The first kappa shape index (κ1) is 8.72. The van der Waals surface area contributed by atoms with Crippen LogP contribution < -0.4 is 5.32 Å². The number of carbonyl (C=O) groups excluding carboxylic acids is 1. The summed E-state index contributed by atoms with van der Waals surface area (Å²) >= 11 is 4.58. The van der Waals surface area contributed by atoms with E-state index in [0.29, 0.717) is 6.54 Å². The lowest BCUT2D eigenvalue weighted by Crippen LogP contribution is -2.21. The van der Waals surface area contributed by atoms with Crippen LogP contribution in [0.4, 0.5) is 0 Å². The molecule has 0 rings (SSSR count). The summed E-state index contributed by atoms with van der Waals surface area (Å²) in [6.45, 7) is 2.83. The first-order valence-electron chi connectivity index (χ1n) is 2.91. The summed E-state index contributed by atoms with van der Waals surface area (Å²) < 4.78 is 0. The van der Waals surface area contributed by atoms with E-state index in [9.17, 15) is 4.79 Å². The standard InChI is InChI=1S/C6H11NOS/c1-6(8)5-7-3-2-4-9/h4,7H,2-3,5H2,1H3. The second-order valence-corrected chi connectivity index (χ2v) is 2.17. The first-order chi connectivity index (χ1) is 4.27. The Kier molecular flexibility index (Phi) is 5.67. The van der Waals surface area contributed by atoms with Gasteiger partial charge >= 0.3 is 0 Å². The topological polar surface area (TPSA) is 29.1 Å². The molecule has 0 aromatic carbocycles. The number of rotatable bonds is 5. The third kappa shape index (κ3) is 7.72. The van der Waals surface area contributed by atoms with Crippen molar-refractivity contribution >= 4 is 23.4 Å². The summed E-state index contributed by atoms with van der Waals surface area (Å²) in [5.41, 5.74) is 0. The Balaban J connectivity index is 2.91. The Bertz CT molecular complexity index is 103. The lowest BCUT2D eigenvalue weighted by atomic mass is 10.4. The van der Waals surface area contributed by atoms with Crippen molar-refractivity contribution in [2.24, 2.45) is 0 Å². The highest BCUT2D eigenvalue weighted by molar-refractivity contribution is 7.78. The van der Waals surface area contributed by atoms with Gasteiger partial charge in [-0.25, -0.2) is 0 Å². The minimum absolute atomic E-state index is 0.166. The maximum atomic E-state index is 10.3. The summed E-state index contributed by atoms with van der Waals surface area (Å²) in [5, 5.41) is 4.60. The molecule has 0 saturated carbocycles. The molecule has 52 valence electrons. The molecule has 0 bridgehead atoms. The van der Waals surface area contributed by atoms with E-state index in [0.717, 1.165) is 13.0 Å². The number of Topliss-reactive ketones (excluding diaryl/α,β-unsaturated/α-hetero) is 1. The molecule has 9 heavy (non-hydrogen) atoms. The fourth-order valence-corrected chi connectivity index (χ4v) is 0.543. The molecule has 1 N–H and O–H groups in total. The van der Waals surface area contributed by atoms with Crippen LogP contribution in [-0.4, -0.2) is 24.2 Å². The summed E-state index contributed by atoms with van der Waals surface area (Å²) in [7, 11) is 0. The molecule has 0 radical (unpaired) electrons. The quantitative estimate of drug-likeness (QED) is 0.452. The van der Waals surface area contributed by atoms with E-state index in [4.69, 9.17) is 0 Å². The smallest absolute Gasteiger partial charge is 0.143 e. The maximum Gasteiger partial charge on any atom is 0.143 e. The van der Waals surface area contributed by atoms with Gasteiger partial charge < -0.3 is 5.32 Å². The zero-order chi connectivity index (χ0) is 7.11. The van der Waals surface area contributed by atoms with E-state index in [-0.39, 0.29) is 5.78 Å². The molecule has 2 nitrogen and oxygen atoms in total. The largest absolute Gasteiger partial charge is 0.310 e. The van der Waals surface area contributed by atoms with Crippen LogP contribution in [-0.2, 0) is 4.79 Å². The molecule has 0 unspecified atom stereocenters. The van der Waals surface area contributed by atoms with E-state index >= 15 is 0 Å². The molecular weight excluding hydrogens is 134 g/mol. The zero-order valence-corrected chi connectivity index (χ0v) is 6.33. The minimum atomic E-state index is 0.166. The van der Waals surface area contributed by atoms with Crippen molar-refractivity contribution in [1.82, 2.24) is 5.32 Å². The molecule has 0 amide bonds. The monoisotopic (exact) mass is 145 g/mol. The molecule has 0 spiro atoms. The van der Waals surface area contributed by atoms with Crippen molar-refractivity contribution in [3.05, 3.63) is 0 Å². The van der Waals surface area contributed by atoms with E-state index in [2.05, 4.69) is 17.5 Å². The molecule has 0 atom stereocenters. The lowest BCUT2D eigenvalue weighted by molar-refractivity contribution is -0.116. The van der Waals surface area contributed by atoms with E-state index in [1.165, 1.54) is 0 Å². The van der Waals surface area contributed by atoms with Crippen molar-refractivity contribution < 1.29 is 4.79 Å². The predicted octanol–water partition coefficient (Wildman–Crippen LogP) is 0.555. The highest BCUT2D eigenvalue weighted by Crippen LogP contribution is 1.69. The van der Waals surface area contributed by atoms with E-state index in [1.54, 1.807) is 12.3 Å². The average Bonchev–Trinajstić information content (AvgIpc) is 1.80. The van der Waals surface area contributed by atoms with Gasteiger partial charge in [0.25, 0.3) is 0 Å². The third-order valence-corrected chi connectivity index (χ3v) is 1.05. The minimum Gasteiger partial charge on any atom is -0.310 e. The normalized spacial score (nSPS) is 9.00. The highest BCUT2D eigenvalue weighted by Gasteiger charge is 1.88. The Morgan fingerprint density at radius 2 is 2.44 bits per heavy atom. The number of hydrogen-bond acceptors (Lipinski definition) is 3. The molecule has 0 aromatic rings. The van der Waals surface area contributed by atoms with Gasteiger partial charge in [-0.2, -0.15) is 0 Å². The van der Waals surface area contributed by atoms with Crippen LogP contribution in [0.3, 0.4) is 0 Å².